The van der Waals surface area contributed by atoms with Gasteiger partial charge in [0.1, 0.15) is 11.5 Å². The first kappa shape index (κ1) is 15.9. The third kappa shape index (κ3) is 2.70. The minimum atomic E-state index is -0.00616. The van der Waals surface area contributed by atoms with E-state index in [0.717, 1.165) is 29.8 Å². The Hall–Kier alpha value is -2.01. The number of carbonyl (C=O) groups is 1. The highest BCUT2D eigenvalue weighted by atomic mass is 35.5. The average Bonchev–Trinajstić information content (AvgIpc) is 2.94. The lowest BCUT2D eigenvalue weighted by molar-refractivity contribution is 0.0816. The normalized spacial score (nSPS) is 15.5. The Morgan fingerprint density at radius 3 is 2.70 bits per heavy atom. The van der Waals surface area contributed by atoms with Crippen LogP contribution < -0.4 is 5.73 Å². The molecule has 0 spiro atoms. The predicted molar refractivity (Wildman–Crippen MR) is 92.6 cm³/mol. The van der Waals surface area contributed by atoms with Crippen molar-refractivity contribution < 1.29 is 4.79 Å². The molecule has 3 rings (SSSR count). The molecule has 0 radical (unpaired) electrons. The van der Waals surface area contributed by atoms with E-state index in [1.165, 1.54) is 0 Å². The van der Waals surface area contributed by atoms with Crippen LogP contribution in [0.1, 0.15) is 30.0 Å². The number of rotatable bonds is 2. The van der Waals surface area contributed by atoms with Gasteiger partial charge in [-0.05, 0) is 24.0 Å². The zero-order valence-electron chi connectivity index (χ0n) is 13.9. The zero-order valence-corrected chi connectivity index (χ0v) is 14.6. The molecule has 1 amide bonds. The SMILES string of the molecule is CN(C)C(=O)c1cc(-c2cc(N)ncc2Cl)c2n1CC(C)(C)C2. The topological polar surface area (TPSA) is 64.2 Å². The summed E-state index contributed by atoms with van der Waals surface area (Å²) in [7, 11) is 3.53. The molecule has 0 saturated heterocycles. The second-order valence-electron chi connectivity index (χ2n) is 7.11. The van der Waals surface area contributed by atoms with Crippen LogP contribution in [0.3, 0.4) is 0 Å². The van der Waals surface area contributed by atoms with Crippen molar-refractivity contribution in [2.45, 2.75) is 26.8 Å². The van der Waals surface area contributed by atoms with E-state index in [9.17, 15) is 4.79 Å². The van der Waals surface area contributed by atoms with Gasteiger partial charge in [-0.2, -0.15) is 0 Å². The van der Waals surface area contributed by atoms with Crippen LogP contribution in [0, 0.1) is 5.41 Å². The number of nitrogen functional groups attached to an aromatic ring is 1. The number of pyridine rings is 1. The molecule has 6 heteroatoms. The summed E-state index contributed by atoms with van der Waals surface area (Å²) in [5.41, 5.74) is 9.56. The van der Waals surface area contributed by atoms with Crippen molar-refractivity contribution in [1.29, 1.82) is 0 Å². The third-order valence-electron chi connectivity index (χ3n) is 4.23. The second-order valence-corrected chi connectivity index (χ2v) is 7.51. The summed E-state index contributed by atoms with van der Waals surface area (Å²) >= 11 is 6.33. The number of anilines is 1. The standard InChI is InChI=1S/C17H21ClN4O/c1-17(2)7-14-11(10-6-15(19)20-8-12(10)18)5-13(22(14)9-17)16(23)21(3)4/h5-6,8H,7,9H2,1-4H3,(H2,19,20). The van der Waals surface area contributed by atoms with Crippen molar-refractivity contribution in [2.75, 3.05) is 19.8 Å². The largest absolute Gasteiger partial charge is 0.384 e. The lowest BCUT2D eigenvalue weighted by atomic mass is 9.89. The molecule has 1 aliphatic heterocycles. The Labute approximate surface area is 141 Å². The summed E-state index contributed by atoms with van der Waals surface area (Å²) < 4.78 is 2.12. The van der Waals surface area contributed by atoms with Gasteiger partial charge in [0.25, 0.3) is 5.91 Å². The number of nitrogens with two attached hydrogens (primary N) is 1. The van der Waals surface area contributed by atoms with Crippen molar-refractivity contribution in [2.24, 2.45) is 5.41 Å². The highest BCUT2D eigenvalue weighted by Gasteiger charge is 2.35. The molecule has 0 atom stereocenters. The molecule has 2 N–H and O–H groups in total. The Morgan fingerprint density at radius 1 is 1.35 bits per heavy atom. The molecule has 0 unspecified atom stereocenters. The maximum absolute atomic E-state index is 12.5. The average molecular weight is 333 g/mol. The second kappa shape index (κ2) is 5.27. The minimum absolute atomic E-state index is 0.00616. The van der Waals surface area contributed by atoms with Gasteiger partial charge in [-0.1, -0.05) is 25.4 Å². The van der Waals surface area contributed by atoms with Crippen LogP contribution in [0.4, 0.5) is 5.82 Å². The van der Waals surface area contributed by atoms with Crippen LogP contribution in [0.2, 0.25) is 5.02 Å². The van der Waals surface area contributed by atoms with Crippen molar-refractivity contribution >= 4 is 23.3 Å². The number of aromatic nitrogens is 2. The fraction of sp³-hybridized carbons (Fsp3) is 0.412. The van der Waals surface area contributed by atoms with Crippen LogP contribution >= 0.6 is 11.6 Å². The molecule has 0 aliphatic carbocycles. The molecule has 1 aliphatic rings. The molecule has 3 heterocycles. The first-order valence-electron chi connectivity index (χ1n) is 7.55. The van der Waals surface area contributed by atoms with Crippen molar-refractivity contribution in [3.63, 3.8) is 0 Å². The first-order chi connectivity index (χ1) is 10.7. The molecule has 0 fully saturated rings. The highest BCUT2D eigenvalue weighted by Crippen LogP contribution is 2.42. The number of halogens is 1. The summed E-state index contributed by atoms with van der Waals surface area (Å²) in [6, 6.07) is 3.70. The van der Waals surface area contributed by atoms with Gasteiger partial charge in [0.2, 0.25) is 0 Å². The number of hydrogen-bond acceptors (Lipinski definition) is 3. The molecule has 0 saturated carbocycles. The molecular weight excluding hydrogens is 312 g/mol. The summed E-state index contributed by atoms with van der Waals surface area (Å²) in [5, 5.41) is 0.543. The first-order valence-corrected chi connectivity index (χ1v) is 7.93. The van der Waals surface area contributed by atoms with Crippen molar-refractivity contribution in [3.05, 3.63) is 34.7 Å². The lowest BCUT2D eigenvalue weighted by Gasteiger charge is -2.17. The molecule has 2 aromatic heterocycles. The summed E-state index contributed by atoms with van der Waals surface area (Å²) in [4.78, 5) is 18.2. The van der Waals surface area contributed by atoms with E-state index < -0.39 is 0 Å². The van der Waals surface area contributed by atoms with E-state index in [-0.39, 0.29) is 11.3 Å². The fourth-order valence-electron chi connectivity index (χ4n) is 3.20. The smallest absolute Gasteiger partial charge is 0.269 e. The molecular formula is C17H21ClN4O. The lowest BCUT2D eigenvalue weighted by Crippen LogP contribution is -2.25. The van der Waals surface area contributed by atoms with E-state index in [4.69, 9.17) is 17.3 Å². The number of carbonyl (C=O) groups excluding carboxylic acids is 1. The third-order valence-corrected chi connectivity index (χ3v) is 4.53. The van der Waals surface area contributed by atoms with Gasteiger partial charge in [-0.15, -0.1) is 0 Å². The number of fused-ring (bicyclic) bond motifs is 1. The van der Waals surface area contributed by atoms with Gasteiger partial charge in [-0.25, -0.2) is 4.98 Å². The summed E-state index contributed by atoms with van der Waals surface area (Å²) in [6.45, 7) is 5.22. The number of nitrogens with zero attached hydrogens (tertiary/aromatic N) is 3. The van der Waals surface area contributed by atoms with E-state index in [1.807, 2.05) is 6.07 Å². The molecule has 122 valence electrons. The van der Waals surface area contributed by atoms with Crippen LogP contribution in [0.15, 0.2) is 18.3 Å². The van der Waals surface area contributed by atoms with Gasteiger partial charge >= 0.3 is 0 Å². The van der Waals surface area contributed by atoms with E-state index in [1.54, 1.807) is 31.3 Å². The molecule has 5 nitrogen and oxygen atoms in total. The monoisotopic (exact) mass is 332 g/mol. The molecule has 0 bridgehead atoms. The van der Waals surface area contributed by atoms with Crippen LogP contribution in [-0.4, -0.2) is 34.5 Å². The van der Waals surface area contributed by atoms with Gasteiger partial charge in [0.15, 0.2) is 0 Å². The molecule has 0 aromatic carbocycles. The molecule has 23 heavy (non-hydrogen) atoms. The van der Waals surface area contributed by atoms with E-state index in [0.29, 0.717) is 16.5 Å². The van der Waals surface area contributed by atoms with Gasteiger partial charge in [0.05, 0.1) is 5.02 Å². The van der Waals surface area contributed by atoms with Crippen molar-refractivity contribution in [1.82, 2.24) is 14.5 Å². The van der Waals surface area contributed by atoms with Crippen LogP contribution in [-0.2, 0) is 13.0 Å². The predicted octanol–water partition coefficient (Wildman–Crippen LogP) is 3.07. The Morgan fingerprint density at radius 2 is 2.04 bits per heavy atom. The summed E-state index contributed by atoms with van der Waals surface area (Å²) in [5.74, 6) is 0.412. The van der Waals surface area contributed by atoms with Gasteiger partial charge in [-0.3, -0.25) is 4.79 Å². The Bertz CT molecular complexity index is 792. The Kier molecular flexibility index (Phi) is 3.64. The highest BCUT2D eigenvalue weighted by molar-refractivity contribution is 6.33. The number of amides is 1. The van der Waals surface area contributed by atoms with E-state index in [2.05, 4.69) is 23.4 Å². The zero-order chi connectivity index (χ0) is 16.9. The molecule has 2 aromatic rings. The van der Waals surface area contributed by atoms with Crippen LogP contribution in [0.5, 0.6) is 0 Å². The number of hydrogen-bond donors (Lipinski definition) is 1. The summed E-state index contributed by atoms with van der Waals surface area (Å²) in [6.07, 6.45) is 2.45. The minimum Gasteiger partial charge on any atom is -0.384 e. The quantitative estimate of drug-likeness (QED) is 0.919. The van der Waals surface area contributed by atoms with E-state index >= 15 is 0 Å². The van der Waals surface area contributed by atoms with Gasteiger partial charge in [0, 0.05) is 43.7 Å². The Balaban J connectivity index is 2.22. The fourth-order valence-corrected chi connectivity index (χ4v) is 3.40. The maximum Gasteiger partial charge on any atom is 0.269 e. The van der Waals surface area contributed by atoms with Crippen molar-refractivity contribution in [3.8, 4) is 11.1 Å². The van der Waals surface area contributed by atoms with Gasteiger partial charge < -0.3 is 15.2 Å². The maximum atomic E-state index is 12.5. The van der Waals surface area contributed by atoms with Crippen LogP contribution in [0.25, 0.3) is 11.1 Å².